The average Bonchev–Trinajstić information content (AvgIpc) is 2.67. The Kier molecular flexibility index (Phi) is 3.64. The molecule has 84 valence electrons. The molecule has 1 saturated heterocycles. The van der Waals surface area contributed by atoms with E-state index in [1.165, 1.54) is 5.75 Å². The third kappa shape index (κ3) is 2.95. The lowest BCUT2D eigenvalue weighted by atomic mass is 10.1. The fourth-order valence-corrected chi connectivity index (χ4v) is 2.61. The molecule has 0 spiro atoms. The molecule has 2 N–H and O–H groups in total. The highest BCUT2D eigenvalue weighted by Crippen LogP contribution is 2.19. The average molecular weight is 226 g/mol. The Hall–Kier alpha value is -0.550. The molecule has 1 atom stereocenters. The van der Waals surface area contributed by atoms with E-state index in [1.54, 1.807) is 0 Å². The fraction of sp³-hybridized carbons (Fsp3) is 0.800. The maximum Gasteiger partial charge on any atom is 0.168 e. The molecule has 0 aliphatic carbocycles. The normalized spacial score (nSPS) is 22.2. The van der Waals surface area contributed by atoms with Gasteiger partial charge in [0.25, 0.3) is 0 Å². The molecule has 2 rings (SSSR count). The van der Waals surface area contributed by atoms with Crippen LogP contribution in [-0.2, 0) is 6.42 Å². The van der Waals surface area contributed by atoms with E-state index in [1.807, 2.05) is 11.8 Å². The van der Waals surface area contributed by atoms with Crippen LogP contribution in [0.3, 0.4) is 0 Å². The van der Waals surface area contributed by atoms with E-state index in [4.69, 9.17) is 0 Å². The molecule has 1 aromatic rings. The molecule has 5 heteroatoms. The second-order valence-electron chi connectivity index (χ2n) is 4.32. The second kappa shape index (κ2) is 4.99. The van der Waals surface area contributed by atoms with Crippen molar-refractivity contribution >= 4 is 11.8 Å². The van der Waals surface area contributed by atoms with Gasteiger partial charge in [-0.25, -0.2) is 4.98 Å². The molecular weight excluding hydrogens is 208 g/mol. The van der Waals surface area contributed by atoms with Gasteiger partial charge in [-0.1, -0.05) is 13.8 Å². The molecule has 2 heterocycles. The van der Waals surface area contributed by atoms with Gasteiger partial charge in [-0.3, -0.25) is 5.10 Å². The van der Waals surface area contributed by atoms with Gasteiger partial charge in [0, 0.05) is 24.5 Å². The molecule has 15 heavy (non-hydrogen) atoms. The third-order valence-electron chi connectivity index (χ3n) is 2.38. The predicted molar refractivity (Wildman–Crippen MR) is 63.0 cm³/mol. The summed E-state index contributed by atoms with van der Waals surface area (Å²) in [5.74, 6) is 4.84. The minimum atomic E-state index is 0.334. The van der Waals surface area contributed by atoms with Gasteiger partial charge in [-0.2, -0.15) is 16.9 Å². The Morgan fingerprint density at radius 3 is 3.07 bits per heavy atom. The van der Waals surface area contributed by atoms with Crippen LogP contribution in [0.25, 0.3) is 0 Å². The highest BCUT2D eigenvalue weighted by Gasteiger charge is 2.19. The van der Waals surface area contributed by atoms with E-state index < -0.39 is 0 Å². The van der Waals surface area contributed by atoms with Crippen molar-refractivity contribution in [3.8, 4) is 0 Å². The molecule has 1 unspecified atom stereocenters. The van der Waals surface area contributed by atoms with Crippen LogP contribution in [0, 0.1) is 5.92 Å². The van der Waals surface area contributed by atoms with E-state index in [0.717, 1.165) is 30.4 Å². The minimum absolute atomic E-state index is 0.334. The Balaban J connectivity index is 1.99. The number of hydrogen-bond acceptors (Lipinski definition) is 4. The van der Waals surface area contributed by atoms with Crippen LogP contribution in [0.1, 0.15) is 31.5 Å². The highest BCUT2D eigenvalue weighted by molar-refractivity contribution is 7.99. The molecular formula is C10H18N4S. The van der Waals surface area contributed by atoms with Gasteiger partial charge in [-0.05, 0) is 5.92 Å². The number of nitrogens with one attached hydrogen (secondary N) is 2. The van der Waals surface area contributed by atoms with Crippen LogP contribution in [-0.4, -0.2) is 33.2 Å². The molecule has 1 aliphatic rings. The molecule has 1 aromatic heterocycles. The van der Waals surface area contributed by atoms with Crippen LogP contribution >= 0.6 is 11.8 Å². The predicted octanol–water partition coefficient (Wildman–Crippen LogP) is 1.38. The fourth-order valence-electron chi connectivity index (χ4n) is 1.68. The number of aromatic amines is 1. The van der Waals surface area contributed by atoms with Crippen molar-refractivity contribution in [2.75, 3.05) is 18.1 Å². The summed E-state index contributed by atoms with van der Waals surface area (Å²) in [6.45, 7) is 5.44. The summed E-state index contributed by atoms with van der Waals surface area (Å²) in [6, 6.07) is 0.334. The first-order valence-corrected chi connectivity index (χ1v) is 6.63. The first-order valence-electron chi connectivity index (χ1n) is 5.48. The lowest BCUT2D eigenvalue weighted by molar-refractivity contribution is 0.564. The van der Waals surface area contributed by atoms with Gasteiger partial charge < -0.3 is 5.32 Å². The summed E-state index contributed by atoms with van der Waals surface area (Å²) in [6.07, 6.45) is 0.979. The van der Waals surface area contributed by atoms with E-state index in [9.17, 15) is 0 Å². The van der Waals surface area contributed by atoms with Crippen molar-refractivity contribution in [3.63, 3.8) is 0 Å². The molecule has 0 aromatic carbocycles. The summed E-state index contributed by atoms with van der Waals surface area (Å²) >= 11 is 1.96. The zero-order valence-corrected chi connectivity index (χ0v) is 10.1. The number of rotatable bonds is 3. The third-order valence-corrected chi connectivity index (χ3v) is 3.45. The van der Waals surface area contributed by atoms with Gasteiger partial charge >= 0.3 is 0 Å². The number of thioether (sulfide) groups is 1. The van der Waals surface area contributed by atoms with Gasteiger partial charge in [0.15, 0.2) is 5.82 Å². The van der Waals surface area contributed by atoms with Crippen molar-refractivity contribution < 1.29 is 0 Å². The maximum absolute atomic E-state index is 4.53. The van der Waals surface area contributed by atoms with Crippen LogP contribution in [0.5, 0.6) is 0 Å². The van der Waals surface area contributed by atoms with Gasteiger partial charge in [-0.15, -0.1) is 0 Å². The van der Waals surface area contributed by atoms with Gasteiger partial charge in [0.2, 0.25) is 0 Å². The summed E-state index contributed by atoms with van der Waals surface area (Å²) in [5, 5.41) is 10.7. The standard InChI is InChI=1S/C10H18N4S/c1-7(2)5-9-12-10(14-13-9)8-6-15-4-3-11-8/h7-8,11H,3-6H2,1-2H3,(H,12,13,14). The first-order chi connectivity index (χ1) is 7.25. The summed E-state index contributed by atoms with van der Waals surface area (Å²) in [7, 11) is 0. The van der Waals surface area contributed by atoms with Crippen molar-refractivity contribution in [2.24, 2.45) is 5.92 Å². The summed E-state index contributed by atoms with van der Waals surface area (Å²) < 4.78 is 0. The summed E-state index contributed by atoms with van der Waals surface area (Å²) in [4.78, 5) is 4.53. The van der Waals surface area contributed by atoms with E-state index in [-0.39, 0.29) is 0 Å². The molecule has 1 fully saturated rings. The van der Waals surface area contributed by atoms with E-state index in [0.29, 0.717) is 12.0 Å². The molecule has 1 aliphatic heterocycles. The molecule has 0 saturated carbocycles. The Bertz CT molecular complexity index is 304. The van der Waals surface area contributed by atoms with Gasteiger partial charge in [0.1, 0.15) is 5.82 Å². The second-order valence-corrected chi connectivity index (χ2v) is 5.47. The van der Waals surface area contributed by atoms with Crippen LogP contribution in [0.4, 0.5) is 0 Å². The number of nitrogens with zero attached hydrogens (tertiary/aromatic N) is 2. The molecule has 0 amide bonds. The van der Waals surface area contributed by atoms with Crippen molar-refractivity contribution in [2.45, 2.75) is 26.3 Å². The first kappa shape index (κ1) is 11.0. The summed E-state index contributed by atoms with van der Waals surface area (Å²) in [5.41, 5.74) is 0. The highest BCUT2D eigenvalue weighted by atomic mass is 32.2. The lowest BCUT2D eigenvalue weighted by Crippen LogP contribution is -2.31. The van der Waals surface area contributed by atoms with Crippen molar-refractivity contribution in [1.29, 1.82) is 0 Å². The molecule has 0 radical (unpaired) electrons. The Morgan fingerprint density at radius 2 is 2.40 bits per heavy atom. The van der Waals surface area contributed by atoms with Gasteiger partial charge in [0.05, 0.1) is 6.04 Å². The quantitative estimate of drug-likeness (QED) is 0.817. The largest absolute Gasteiger partial charge is 0.306 e. The van der Waals surface area contributed by atoms with Crippen LogP contribution < -0.4 is 5.32 Å². The topological polar surface area (TPSA) is 53.6 Å². The smallest absolute Gasteiger partial charge is 0.168 e. The Labute approximate surface area is 94.6 Å². The van der Waals surface area contributed by atoms with E-state index >= 15 is 0 Å². The lowest BCUT2D eigenvalue weighted by Gasteiger charge is -2.19. The molecule has 4 nitrogen and oxygen atoms in total. The van der Waals surface area contributed by atoms with Crippen molar-refractivity contribution in [1.82, 2.24) is 20.5 Å². The van der Waals surface area contributed by atoms with Crippen molar-refractivity contribution in [3.05, 3.63) is 11.6 Å². The number of H-pyrrole nitrogens is 1. The minimum Gasteiger partial charge on any atom is -0.306 e. The SMILES string of the molecule is CC(C)Cc1nc(C2CSCCN2)n[nH]1. The van der Waals surface area contributed by atoms with E-state index in [2.05, 4.69) is 34.3 Å². The zero-order valence-electron chi connectivity index (χ0n) is 9.29. The van der Waals surface area contributed by atoms with Crippen LogP contribution in [0.2, 0.25) is 0 Å². The zero-order chi connectivity index (χ0) is 10.7. The number of aromatic nitrogens is 3. The monoisotopic (exact) mass is 226 g/mol. The maximum atomic E-state index is 4.53. The van der Waals surface area contributed by atoms with Crippen LogP contribution in [0.15, 0.2) is 0 Å². The number of hydrogen-bond donors (Lipinski definition) is 2. The molecule has 0 bridgehead atoms. The Morgan fingerprint density at radius 1 is 1.53 bits per heavy atom.